The Morgan fingerprint density at radius 3 is 2.50 bits per heavy atom. The molecule has 2 aliphatic heterocycles. The summed E-state index contributed by atoms with van der Waals surface area (Å²) in [6.07, 6.45) is 0. The maximum Gasteiger partial charge on any atom is 0.162 e. The maximum atomic E-state index is 6.41. The highest BCUT2D eigenvalue weighted by molar-refractivity contribution is 9.10. The molecule has 2 heterocycles. The lowest BCUT2D eigenvalue weighted by atomic mass is 9.95. The molecule has 4 nitrogen and oxygen atoms in total. The van der Waals surface area contributed by atoms with Crippen molar-refractivity contribution in [3.8, 4) is 11.5 Å². The first-order chi connectivity index (χ1) is 11.7. The topological polar surface area (TPSA) is 47.7 Å². The van der Waals surface area contributed by atoms with E-state index in [2.05, 4.69) is 51.2 Å². The molecule has 2 atom stereocenters. The molecule has 4 rings (SSSR count). The number of ether oxygens (including phenoxy) is 2. The molecule has 1 saturated heterocycles. The first kappa shape index (κ1) is 15.9. The Balaban J connectivity index is 1.50. The first-order valence-electron chi connectivity index (χ1n) is 8.31. The van der Waals surface area contributed by atoms with Gasteiger partial charge in [-0.05, 0) is 23.3 Å². The van der Waals surface area contributed by atoms with Crippen LogP contribution in [0.15, 0.2) is 46.9 Å². The van der Waals surface area contributed by atoms with Gasteiger partial charge in [-0.25, -0.2) is 0 Å². The van der Waals surface area contributed by atoms with Gasteiger partial charge in [-0.3, -0.25) is 4.90 Å². The van der Waals surface area contributed by atoms with E-state index in [1.807, 2.05) is 12.1 Å². The third-order valence-electron chi connectivity index (χ3n) is 4.77. The second-order valence-corrected chi connectivity index (χ2v) is 7.32. The van der Waals surface area contributed by atoms with Crippen LogP contribution in [0.25, 0.3) is 0 Å². The molecular weight excluding hydrogens is 368 g/mol. The summed E-state index contributed by atoms with van der Waals surface area (Å²) < 4.78 is 12.4. The van der Waals surface area contributed by atoms with Crippen LogP contribution in [0.3, 0.4) is 0 Å². The molecule has 0 saturated carbocycles. The summed E-state index contributed by atoms with van der Waals surface area (Å²) >= 11 is 3.66. The van der Waals surface area contributed by atoms with Crippen molar-refractivity contribution in [2.75, 3.05) is 26.3 Å². The van der Waals surface area contributed by atoms with E-state index >= 15 is 0 Å². The second-order valence-electron chi connectivity index (χ2n) is 6.46. The minimum atomic E-state index is 0.170. The number of likely N-dealkylation sites (tertiary alicyclic amines) is 1. The average molecular weight is 389 g/mol. The quantitative estimate of drug-likeness (QED) is 0.876. The molecule has 2 N–H and O–H groups in total. The van der Waals surface area contributed by atoms with Gasteiger partial charge in [0.15, 0.2) is 11.5 Å². The van der Waals surface area contributed by atoms with E-state index in [0.29, 0.717) is 19.1 Å². The standard InChI is InChI=1S/C19H21BrN2O2/c20-16-9-19-18(23-6-7-24-19)8-14(16)10-22-11-15(17(21)12-22)13-4-2-1-3-5-13/h1-5,8-9,15,17H,6-7,10-12,21H2/t15-,17+/m0/s1. The fourth-order valence-electron chi connectivity index (χ4n) is 3.56. The van der Waals surface area contributed by atoms with Crippen LogP contribution >= 0.6 is 15.9 Å². The van der Waals surface area contributed by atoms with Gasteiger partial charge in [-0.1, -0.05) is 46.3 Å². The lowest BCUT2D eigenvalue weighted by Crippen LogP contribution is -2.28. The van der Waals surface area contributed by atoms with Crippen molar-refractivity contribution in [1.82, 2.24) is 4.90 Å². The Morgan fingerprint density at radius 2 is 1.75 bits per heavy atom. The third kappa shape index (κ3) is 3.16. The summed E-state index contributed by atoms with van der Waals surface area (Å²) in [6.45, 7) is 3.96. The smallest absolute Gasteiger partial charge is 0.162 e. The minimum Gasteiger partial charge on any atom is -0.486 e. The Hall–Kier alpha value is -1.56. The highest BCUT2D eigenvalue weighted by atomic mass is 79.9. The molecular formula is C19H21BrN2O2. The van der Waals surface area contributed by atoms with Crippen molar-refractivity contribution >= 4 is 15.9 Å². The number of fused-ring (bicyclic) bond motifs is 1. The van der Waals surface area contributed by atoms with E-state index in [1.54, 1.807) is 0 Å². The molecule has 0 aromatic heterocycles. The van der Waals surface area contributed by atoms with Crippen molar-refractivity contribution in [1.29, 1.82) is 0 Å². The largest absolute Gasteiger partial charge is 0.486 e. The average Bonchev–Trinajstić information content (AvgIpc) is 2.97. The normalized spacial score (nSPS) is 23.4. The zero-order valence-electron chi connectivity index (χ0n) is 13.5. The van der Waals surface area contributed by atoms with Crippen molar-refractivity contribution in [2.45, 2.75) is 18.5 Å². The molecule has 0 amide bonds. The van der Waals surface area contributed by atoms with Gasteiger partial charge in [-0.15, -0.1) is 0 Å². The molecule has 24 heavy (non-hydrogen) atoms. The summed E-state index contributed by atoms with van der Waals surface area (Å²) in [5, 5.41) is 0. The third-order valence-corrected chi connectivity index (χ3v) is 5.51. The van der Waals surface area contributed by atoms with Crippen LogP contribution in [0.1, 0.15) is 17.0 Å². The molecule has 0 radical (unpaired) electrons. The predicted octanol–water partition coefficient (Wildman–Crippen LogP) is 3.15. The number of rotatable bonds is 3. The van der Waals surface area contributed by atoms with E-state index in [0.717, 1.165) is 35.6 Å². The number of benzene rings is 2. The van der Waals surface area contributed by atoms with Gasteiger partial charge >= 0.3 is 0 Å². The second kappa shape index (κ2) is 6.75. The van der Waals surface area contributed by atoms with E-state index in [4.69, 9.17) is 15.2 Å². The number of hydrogen-bond donors (Lipinski definition) is 1. The maximum absolute atomic E-state index is 6.41. The molecule has 126 valence electrons. The minimum absolute atomic E-state index is 0.170. The summed E-state index contributed by atoms with van der Waals surface area (Å²) in [5.41, 5.74) is 8.94. The summed E-state index contributed by atoms with van der Waals surface area (Å²) in [6, 6.07) is 14.8. The van der Waals surface area contributed by atoms with Crippen molar-refractivity contribution in [3.05, 3.63) is 58.1 Å². The van der Waals surface area contributed by atoms with Crippen molar-refractivity contribution < 1.29 is 9.47 Å². The van der Waals surface area contributed by atoms with Crippen LogP contribution < -0.4 is 15.2 Å². The number of halogens is 1. The lowest BCUT2D eigenvalue weighted by molar-refractivity contribution is 0.171. The zero-order chi connectivity index (χ0) is 16.5. The van der Waals surface area contributed by atoms with E-state index in [1.165, 1.54) is 11.1 Å². The van der Waals surface area contributed by atoms with Crippen LogP contribution in [0, 0.1) is 0 Å². The molecule has 0 unspecified atom stereocenters. The highest BCUT2D eigenvalue weighted by Gasteiger charge is 2.31. The van der Waals surface area contributed by atoms with Crippen LogP contribution in [0.5, 0.6) is 11.5 Å². The molecule has 1 fully saturated rings. The van der Waals surface area contributed by atoms with Gasteiger partial charge in [0, 0.05) is 36.1 Å². The fraction of sp³-hybridized carbons (Fsp3) is 0.368. The van der Waals surface area contributed by atoms with Crippen LogP contribution in [-0.4, -0.2) is 37.2 Å². The van der Waals surface area contributed by atoms with Gasteiger partial charge in [0.25, 0.3) is 0 Å². The molecule has 0 aliphatic carbocycles. The monoisotopic (exact) mass is 388 g/mol. The number of nitrogens with zero attached hydrogens (tertiary/aromatic N) is 1. The lowest BCUT2D eigenvalue weighted by Gasteiger charge is -2.22. The molecule has 2 aromatic carbocycles. The SMILES string of the molecule is N[C@@H]1CN(Cc2cc3c(cc2Br)OCCO3)C[C@H]1c1ccccc1. The van der Waals surface area contributed by atoms with E-state index in [-0.39, 0.29) is 6.04 Å². The van der Waals surface area contributed by atoms with E-state index in [9.17, 15) is 0 Å². The number of hydrogen-bond acceptors (Lipinski definition) is 4. The Morgan fingerprint density at radius 1 is 1.04 bits per heavy atom. The molecule has 2 aliphatic rings. The van der Waals surface area contributed by atoms with Crippen LogP contribution in [-0.2, 0) is 6.54 Å². The highest BCUT2D eigenvalue weighted by Crippen LogP contribution is 2.37. The van der Waals surface area contributed by atoms with Gasteiger partial charge in [0.2, 0.25) is 0 Å². The zero-order valence-corrected chi connectivity index (χ0v) is 15.0. The summed E-state index contributed by atoms with van der Waals surface area (Å²) in [7, 11) is 0. The van der Waals surface area contributed by atoms with Gasteiger partial charge in [-0.2, -0.15) is 0 Å². The molecule has 5 heteroatoms. The van der Waals surface area contributed by atoms with Crippen LogP contribution in [0.2, 0.25) is 0 Å². The molecule has 0 spiro atoms. The Bertz CT molecular complexity index is 723. The first-order valence-corrected chi connectivity index (χ1v) is 9.11. The Labute approximate surface area is 150 Å². The summed E-state index contributed by atoms with van der Waals surface area (Å²) in [4.78, 5) is 2.42. The Kier molecular flexibility index (Phi) is 4.48. The van der Waals surface area contributed by atoms with Gasteiger partial charge < -0.3 is 15.2 Å². The van der Waals surface area contributed by atoms with Crippen LogP contribution in [0.4, 0.5) is 0 Å². The van der Waals surface area contributed by atoms with Gasteiger partial charge in [0.05, 0.1) is 0 Å². The van der Waals surface area contributed by atoms with Crippen molar-refractivity contribution in [3.63, 3.8) is 0 Å². The summed E-state index contributed by atoms with van der Waals surface area (Å²) in [5.74, 6) is 2.04. The fourth-order valence-corrected chi connectivity index (χ4v) is 4.01. The molecule has 0 bridgehead atoms. The van der Waals surface area contributed by atoms with Crippen molar-refractivity contribution in [2.24, 2.45) is 5.73 Å². The number of nitrogens with two attached hydrogens (primary N) is 1. The van der Waals surface area contributed by atoms with E-state index < -0.39 is 0 Å². The predicted molar refractivity (Wildman–Crippen MR) is 97.6 cm³/mol. The van der Waals surface area contributed by atoms with Gasteiger partial charge in [0.1, 0.15) is 13.2 Å². The molecule has 2 aromatic rings.